The van der Waals surface area contributed by atoms with Crippen molar-refractivity contribution in [2.75, 3.05) is 20.2 Å². The fourth-order valence-corrected chi connectivity index (χ4v) is 2.85. The number of carbonyl (C=O) groups is 1. The molecule has 1 atom stereocenters. The third-order valence-electron chi connectivity index (χ3n) is 4.15. The van der Waals surface area contributed by atoms with Crippen LogP contribution in [-0.2, 0) is 11.2 Å². The van der Waals surface area contributed by atoms with E-state index in [1.165, 1.54) is 0 Å². The number of para-hydroxylation sites is 1. The molecule has 1 fully saturated rings. The van der Waals surface area contributed by atoms with E-state index in [4.69, 9.17) is 4.74 Å². The first kappa shape index (κ1) is 17.8. The summed E-state index contributed by atoms with van der Waals surface area (Å²) in [5.41, 5.74) is 0.779. The first-order chi connectivity index (χ1) is 9.72. The standard InChI is InChI=1S/C16H24N2O2.ClH/c1-3-16(10-6-11-18-16)15(19)17-12-9-13-7-4-5-8-14(13)20-2;/h4-5,7-8,18H,3,6,9-12H2,1-2H3,(H,17,19);1H. The van der Waals surface area contributed by atoms with E-state index in [1.807, 2.05) is 24.3 Å². The SMILES string of the molecule is CCC1(C(=O)NCCc2ccccc2OC)CCCN1.Cl. The molecule has 0 spiro atoms. The van der Waals surface area contributed by atoms with Crippen LogP contribution in [0.5, 0.6) is 5.75 Å². The molecule has 0 bridgehead atoms. The lowest BCUT2D eigenvalue weighted by atomic mass is 9.93. The van der Waals surface area contributed by atoms with Crippen LogP contribution in [0.4, 0.5) is 0 Å². The van der Waals surface area contributed by atoms with Gasteiger partial charge in [0.1, 0.15) is 5.75 Å². The second-order valence-electron chi connectivity index (χ2n) is 5.28. The number of hydrogen-bond acceptors (Lipinski definition) is 3. The monoisotopic (exact) mass is 312 g/mol. The van der Waals surface area contributed by atoms with E-state index >= 15 is 0 Å². The van der Waals surface area contributed by atoms with Crippen molar-refractivity contribution in [3.63, 3.8) is 0 Å². The first-order valence-electron chi connectivity index (χ1n) is 7.37. The van der Waals surface area contributed by atoms with Crippen molar-refractivity contribution >= 4 is 18.3 Å². The van der Waals surface area contributed by atoms with Gasteiger partial charge >= 0.3 is 0 Å². The zero-order valence-corrected chi connectivity index (χ0v) is 13.6. The highest BCUT2D eigenvalue weighted by atomic mass is 35.5. The fourth-order valence-electron chi connectivity index (χ4n) is 2.85. The topological polar surface area (TPSA) is 50.4 Å². The number of carbonyl (C=O) groups excluding carboxylic acids is 1. The summed E-state index contributed by atoms with van der Waals surface area (Å²) in [7, 11) is 1.67. The largest absolute Gasteiger partial charge is 0.496 e. The van der Waals surface area contributed by atoms with E-state index in [0.717, 1.165) is 43.5 Å². The van der Waals surface area contributed by atoms with Gasteiger partial charge in [-0.2, -0.15) is 0 Å². The van der Waals surface area contributed by atoms with Crippen LogP contribution in [0.25, 0.3) is 0 Å². The summed E-state index contributed by atoms with van der Waals surface area (Å²) in [6, 6.07) is 7.93. The molecule has 1 unspecified atom stereocenters. The zero-order chi connectivity index (χ0) is 14.4. The lowest BCUT2D eigenvalue weighted by Crippen LogP contribution is -2.53. The number of hydrogen-bond donors (Lipinski definition) is 2. The van der Waals surface area contributed by atoms with Crippen molar-refractivity contribution < 1.29 is 9.53 Å². The van der Waals surface area contributed by atoms with Gasteiger partial charge in [0, 0.05) is 6.54 Å². The predicted octanol–water partition coefficient (Wildman–Crippen LogP) is 2.31. The molecule has 4 nitrogen and oxygen atoms in total. The van der Waals surface area contributed by atoms with E-state index < -0.39 is 0 Å². The lowest BCUT2D eigenvalue weighted by Gasteiger charge is -2.26. The Morgan fingerprint density at radius 1 is 1.43 bits per heavy atom. The predicted molar refractivity (Wildman–Crippen MR) is 87.2 cm³/mol. The summed E-state index contributed by atoms with van der Waals surface area (Å²) < 4.78 is 5.32. The van der Waals surface area contributed by atoms with Gasteiger partial charge < -0.3 is 15.4 Å². The molecule has 1 aromatic carbocycles. The highest BCUT2D eigenvalue weighted by Gasteiger charge is 2.38. The minimum atomic E-state index is -0.346. The van der Waals surface area contributed by atoms with E-state index in [2.05, 4.69) is 17.6 Å². The maximum atomic E-state index is 12.3. The molecule has 0 aromatic heterocycles. The van der Waals surface area contributed by atoms with Crippen molar-refractivity contribution in [3.05, 3.63) is 29.8 Å². The molecule has 1 aliphatic rings. The molecule has 1 amide bonds. The second-order valence-corrected chi connectivity index (χ2v) is 5.28. The molecular formula is C16H25ClN2O2. The molecule has 21 heavy (non-hydrogen) atoms. The van der Waals surface area contributed by atoms with Gasteiger partial charge in [0.25, 0.3) is 0 Å². The Morgan fingerprint density at radius 2 is 2.19 bits per heavy atom. The lowest BCUT2D eigenvalue weighted by molar-refractivity contribution is -0.127. The molecule has 0 radical (unpaired) electrons. The highest BCUT2D eigenvalue weighted by Crippen LogP contribution is 2.23. The van der Waals surface area contributed by atoms with Gasteiger partial charge in [-0.05, 0) is 43.9 Å². The van der Waals surface area contributed by atoms with Crippen LogP contribution in [0.3, 0.4) is 0 Å². The summed E-state index contributed by atoms with van der Waals surface area (Å²) in [5, 5.41) is 6.41. The maximum Gasteiger partial charge on any atom is 0.240 e. The van der Waals surface area contributed by atoms with Crippen LogP contribution in [0, 0.1) is 0 Å². The van der Waals surface area contributed by atoms with Gasteiger partial charge in [0.05, 0.1) is 12.6 Å². The quantitative estimate of drug-likeness (QED) is 0.847. The summed E-state index contributed by atoms with van der Waals surface area (Å²) in [6.07, 6.45) is 3.64. The van der Waals surface area contributed by atoms with E-state index in [0.29, 0.717) is 6.54 Å². The van der Waals surface area contributed by atoms with Crippen molar-refractivity contribution in [2.45, 2.75) is 38.1 Å². The van der Waals surface area contributed by atoms with Gasteiger partial charge in [-0.1, -0.05) is 25.1 Å². The number of ether oxygens (including phenoxy) is 1. The average molecular weight is 313 g/mol. The van der Waals surface area contributed by atoms with Crippen LogP contribution < -0.4 is 15.4 Å². The fraction of sp³-hybridized carbons (Fsp3) is 0.562. The van der Waals surface area contributed by atoms with Crippen LogP contribution in [0.1, 0.15) is 31.7 Å². The number of methoxy groups -OCH3 is 1. The number of rotatable bonds is 6. The molecule has 0 aliphatic carbocycles. The molecular weight excluding hydrogens is 288 g/mol. The summed E-state index contributed by atoms with van der Waals surface area (Å²) >= 11 is 0. The summed E-state index contributed by atoms with van der Waals surface area (Å²) in [4.78, 5) is 12.3. The Kier molecular flexibility index (Phi) is 6.99. The molecule has 1 heterocycles. The van der Waals surface area contributed by atoms with Crippen molar-refractivity contribution in [1.29, 1.82) is 0 Å². The average Bonchev–Trinajstić information content (AvgIpc) is 2.98. The number of amides is 1. The Hall–Kier alpha value is -1.26. The molecule has 1 aliphatic heterocycles. The van der Waals surface area contributed by atoms with Crippen LogP contribution in [0.2, 0.25) is 0 Å². The van der Waals surface area contributed by atoms with E-state index in [1.54, 1.807) is 7.11 Å². The number of halogens is 1. The molecule has 1 saturated heterocycles. The van der Waals surface area contributed by atoms with Crippen LogP contribution >= 0.6 is 12.4 Å². The summed E-state index contributed by atoms with van der Waals surface area (Å²) in [6.45, 7) is 3.65. The van der Waals surface area contributed by atoms with Gasteiger partial charge in [-0.15, -0.1) is 12.4 Å². The van der Waals surface area contributed by atoms with Gasteiger partial charge in [-0.3, -0.25) is 4.79 Å². The van der Waals surface area contributed by atoms with E-state index in [9.17, 15) is 4.79 Å². The minimum absolute atomic E-state index is 0. The first-order valence-corrected chi connectivity index (χ1v) is 7.37. The third-order valence-corrected chi connectivity index (χ3v) is 4.15. The highest BCUT2D eigenvalue weighted by molar-refractivity contribution is 5.86. The molecule has 118 valence electrons. The van der Waals surface area contributed by atoms with Crippen LogP contribution in [0.15, 0.2) is 24.3 Å². The Balaban J connectivity index is 0.00000220. The van der Waals surface area contributed by atoms with Crippen molar-refractivity contribution in [1.82, 2.24) is 10.6 Å². The molecule has 5 heteroatoms. The number of benzene rings is 1. The normalized spacial score (nSPS) is 20.7. The van der Waals surface area contributed by atoms with Gasteiger partial charge in [0.2, 0.25) is 5.91 Å². The van der Waals surface area contributed by atoms with Crippen molar-refractivity contribution in [3.8, 4) is 5.75 Å². The molecule has 2 rings (SSSR count). The van der Waals surface area contributed by atoms with Crippen LogP contribution in [-0.4, -0.2) is 31.6 Å². The Morgan fingerprint density at radius 3 is 2.81 bits per heavy atom. The van der Waals surface area contributed by atoms with Crippen molar-refractivity contribution in [2.24, 2.45) is 0 Å². The van der Waals surface area contributed by atoms with Gasteiger partial charge in [-0.25, -0.2) is 0 Å². The number of nitrogens with one attached hydrogen (secondary N) is 2. The Bertz CT molecular complexity index is 459. The van der Waals surface area contributed by atoms with E-state index in [-0.39, 0.29) is 23.9 Å². The third kappa shape index (κ3) is 4.11. The molecule has 0 saturated carbocycles. The summed E-state index contributed by atoms with van der Waals surface area (Å²) in [5.74, 6) is 1.01. The molecule has 1 aromatic rings. The smallest absolute Gasteiger partial charge is 0.240 e. The Labute approximate surface area is 133 Å². The maximum absolute atomic E-state index is 12.3. The minimum Gasteiger partial charge on any atom is -0.496 e. The van der Waals surface area contributed by atoms with Gasteiger partial charge in [0.15, 0.2) is 0 Å². The zero-order valence-electron chi connectivity index (χ0n) is 12.8. The molecule has 2 N–H and O–H groups in total. The second kappa shape index (κ2) is 8.25.